The van der Waals surface area contributed by atoms with Gasteiger partial charge in [-0.05, 0) is 0 Å². The molecule has 1 heterocycles. The Labute approximate surface area is 111 Å². The van der Waals surface area contributed by atoms with Crippen molar-refractivity contribution in [3.05, 3.63) is 12.3 Å². The maximum absolute atomic E-state index is 8.93. The molecule has 1 saturated carbocycles. The van der Waals surface area contributed by atoms with E-state index in [2.05, 4.69) is 30.8 Å². The maximum atomic E-state index is 8.93. The normalized spacial score (nSPS) is 30.4. The van der Waals surface area contributed by atoms with Crippen molar-refractivity contribution in [2.45, 2.75) is 46.0 Å². The van der Waals surface area contributed by atoms with E-state index in [0.29, 0.717) is 0 Å². The van der Waals surface area contributed by atoms with Crippen LogP contribution < -0.4 is 0 Å². The van der Waals surface area contributed by atoms with Crippen LogP contribution in [-0.4, -0.2) is 34.9 Å². The molecule has 0 atom stereocenters. The van der Waals surface area contributed by atoms with E-state index in [9.17, 15) is 0 Å². The van der Waals surface area contributed by atoms with Crippen molar-refractivity contribution in [1.82, 2.24) is 0 Å². The van der Waals surface area contributed by atoms with Gasteiger partial charge in [0.15, 0.2) is 0 Å². The Morgan fingerprint density at radius 2 is 2.06 bits per heavy atom. The van der Waals surface area contributed by atoms with Crippen LogP contribution in [0.5, 0.6) is 0 Å². The zero-order chi connectivity index (χ0) is 13.0. The van der Waals surface area contributed by atoms with Crippen molar-refractivity contribution >= 4 is 18.8 Å². The van der Waals surface area contributed by atoms with Crippen molar-refractivity contribution in [2.24, 2.45) is 17.8 Å². The molecular formula is C15H25BNO+. The zero-order valence-electron chi connectivity index (χ0n) is 11.7. The van der Waals surface area contributed by atoms with Gasteiger partial charge in [-0.15, -0.1) is 0 Å². The summed E-state index contributed by atoms with van der Waals surface area (Å²) in [4.78, 5) is 0. The van der Waals surface area contributed by atoms with E-state index in [0.717, 1.165) is 36.2 Å². The molecule has 0 aromatic carbocycles. The van der Waals surface area contributed by atoms with Crippen LogP contribution in [0.4, 0.5) is 0 Å². The molecule has 2 rings (SSSR count). The van der Waals surface area contributed by atoms with Gasteiger partial charge in [0.05, 0.1) is 0 Å². The fraction of sp³-hybridized carbons (Fsp3) is 0.733. The first-order chi connectivity index (χ1) is 8.69. The van der Waals surface area contributed by atoms with E-state index in [1.807, 2.05) is 6.08 Å². The molecule has 1 fully saturated rings. The second-order valence-electron chi connectivity index (χ2n) is 6.13. The number of hydrogen-bond donors (Lipinski definition) is 1. The van der Waals surface area contributed by atoms with Gasteiger partial charge in [-0.3, -0.25) is 0 Å². The van der Waals surface area contributed by atoms with Gasteiger partial charge in [-0.25, -0.2) is 0 Å². The van der Waals surface area contributed by atoms with E-state index in [4.69, 9.17) is 5.02 Å². The van der Waals surface area contributed by atoms with Gasteiger partial charge in [0.2, 0.25) is 0 Å². The van der Waals surface area contributed by atoms with E-state index in [1.165, 1.54) is 32.8 Å². The number of allylic oxidation sites excluding steroid dienone is 1. The van der Waals surface area contributed by atoms with Gasteiger partial charge >= 0.3 is 111 Å². The summed E-state index contributed by atoms with van der Waals surface area (Å²) in [7, 11) is 1.21. The van der Waals surface area contributed by atoms with Crippen LogP contribution in [0.25, 0.3) is 0 Å². The molecule has 0 aromatic heterocycles. The van der Waals surface area contributed by atoms with Crippen molar-refractivity contribution in [2.75, 3.05) is 6.54 Å². The average Bonchev–Trinajstić information content (AvgIpc) is 2.40. The average molecular weight is 246 g/mol. The molecule has 0 saturated heterocycles. The Morgan fingerprint density at radius 1 is 1.33 bits per heavy atom. The second-order valence-corrected chi connectivity index (χ2v) is 6.13. The summed E-state index contributed by atoms with van der Waals surface area (Å²) < 4.78 is 2.30. The van der Waals surface area contributed by atoms with Crippen LogP contribution >= 0.6 is 0 Å². The fourth-order valence-electron chi connectivity index (χ4n) is 3.11. The Balaban J connectivity index is 1.79. The Kier molecular flexibility index (Phi) is 4.79. The predicted octanol–water partition coefficient (Wildman–Crippen LogP) is 2.23. The minimum atomic E-state index is 0.848. The predicted molar refractivity (Wildman–Crippen MR) is 78.2 cm³/mol. The third kappa shape index (κ3) is 3.57. The standard InChI is InChI=1S/C15H25BNO/c1-12(2)14-5-3-13(4-6-14)11-17-9-7-15(16-18)8-10-17/h7,9-10,12-14,18H,3-6,8,11H2,1-2H3/q+1. The topological polar surface area (TPSA) is 23.2 Å². The van der Waals surface area contributed by atoms with Gasteiger partial charge in [-0.2, -0.15) is 0 Å². The summed E-state index contributed by atoms with van der Waals surface area (Å²) in [5.74, 6) is 2.65. The third-order valence-electron chi connectivity index (χ3n) is 4.51. The first-order valence-electron chi connectivity index (χ1n) is 7.29. The number of rotatable bonds is 3. The van der Waals surface area contributed by atoms with E-state index in [1.54, 1.807) is 0 Å². The molecule has 3 heteroatoms. The molecule has 0 radical (unpaired) electrons. The number of hydrogen-bond acceptors (Lipinski definition) is 1. The Bertz CT molecular complexity index is 363. The number of nitrogens with zero attached hydrogens (tertiary/aromatic N) is 1. The van der Waals surface area contributed by atoms with Gasteiger partial charge in [0.1, 0.15) is 0 Å². The molecule has 0 bridgehead atoms. The van der Waals surface area contributed by atoms with Crippen LogP contribution in [0.1, 0.15) is 46.0 Å². The fourth-order valence-corrected chi connectivity index (χ4v) is 3.11. The zero-order valence-corrected chi connectivity index (χ0v) is 11.7. The molecule has 0 spiro atoms. The summed E-state index contributed by atoms with van der Waals surface area (Å²) >= 11 is 0. The summed E-state index contributed by atoms with van der Waals surface area (Å²) in [5, 5.41) is 8.93. The van der Waals surface area contributed by atoms with Crippen LogP contribution in [0.3, 0.4) is 0 Å². The van der Waals surface area contributed by atoms with Crippen LogP contribution in [0, 0.1) is 17.8 Å². The molecule has 2 aliphatic rings. The molecule has 98 valence electrons. The van der Waals surface area contributed by atoms with E-state index < -0.39 is 0 Å². The monoisotopic (exact) mass is 246 g/mol. The first kappa shape index (κ1) is 13.6. The first-order valence-corrected chi connectivity index (χ1v) is 7.29. The quantitative estimate of drug-likeness (QED) is 0.599. The minimum absolute atomic E-state index is 0.848. The van der Waals surface area contributed by atoms with Crippen LogP contribution in [0.2, 0.25) is 0 Å². The van der Waals surface area contributed by atoms with Crippen LogP contribution in [0.15, 0.2) is 12.3 Å². The molecule has 0 unspecified atom stereocenters. The van der Waals surface area contributed by atoms with E-state index in [-0.39, 0.29) is 0 Å². The summed E-state index contributed by atoms with van der Waals surface area (Å²) in [6.45, 7) is 5.86. The van der Waals surface area contributed by atoms with Crippen molar-refractivity contribution < 1.29 is 9.60 Å². The molecule has 0 aromatic rings. The Hall–Kier alpha value is -0.855. The summed E-state index contributed by atoms with van der Waals surface area (Å²) in [6, 6.07) is 0. The SMILES string of the molecule is CC(C)C1CCC(C[N+]2=CCC(=BO)C=C2)CC1. The van der Waals surface area contributed by atoms with Crippen molar-refractivity contribution in [3.63, 3.8) is 0 Å². The molecule has 2 nitrogen and oxygen atoms in total. The molecule has 1 N–H and O–H groups in total. The molecule has 1 aliphatic heterocycles. The van der Waals surface area contributed by atoms with Crippen molar-refractivity contribution in [1.29, 1.82) is 0 Å². The van der Waals surface area contributed by atoms with Gasteiger partial charge < -0.3 is 0 Å². The van der Waals surface area contributed by atoms with Crippen molar-refractivity contribution in [3.8, 4) is 0 Å². The van der Waals surface area contributed by atoms with E-state index >= 15 is 0 Å². The molecule has 18 heavy (non-hydrogen) atoms. The summed E-state index contributed by atoms with van der Waals surface area (Å²) in [5.41, 5.74) is 0.995. The van der Waals surface area contributed by atoms with Crippen LogP contribution in [-0.2, 0) is 0 Å². The molecule has 0 amide bonds. The molecular weight excluding hydrogens is 221 g/mol. The van der Waals surface area contributed by atoms with Gasteiger partial charge in [-0.1, -0.05) is 0 Å². The second kappa shape index (κ2) is 6.35. The van der Waals surface area contributed by atoms with Gasteiger partial charge in [0.25, 0.3) is 0 Å². The molecule has 1 aliphatic carbocycles. The third-order valence-corrected chi connectivity index (χ3v) is 4.51. The summed E-state index contributed by atoms with van der Waals surface area (Å²) in [6.07, 6.45) is 12.7. The van der Waals surface area contributed by atoms with Gasteiger partial charge in [0, 0.05) is 0 Å². The Morgan fingerprint density at radius 3 is 2.56 bits per heavy atom.